The lowest BCUT2D eigenvalue weighted by molar-refractivity contribution is -0.139. The second kappa shape index (κ2) is 8.16. The minimum absolute atomic E-state index is 0.0796. The predicted octanol–water partition coefficient (Wildman–Crippen LogP) is 4.57. The van der Waals surface area contributed by atoms with Gasteiger partial charge in [-0.2, -0.15) is 0 Å². The Kier molecular flexibility index (Phi) is 5.49. The Balaban J connectivity index is 1.66. The van der Waals surface area contributed by atoms with E-state index in [2.05, 4.69) is 23.5 Å². The van der Waals surface area contributed by atoms with Crippen LogP contribution in [0, 0.1) is 5.82 Å². The quantitative estimate of drug-likeness (QED) is 0.655. The number of aliphatic carboxylic acids is 1. The van der Waals surface area contributed by atoms with Gasteiger partial charge in [0.1, 0.15) is 0 Å². The minimum Gasteiger partial charge on any atom is -0.479 e. The Hall–Kier alpha value is -3.34. The molecule has 0 atom stereocenters. The fourth-order valence-corrected chi connectivity index (χ4v) is 2.56. The molecule has 0 aliphatic rings. The average Bonchev–Trinajstić information content (AvgIpc) is 2.66. The molecule has 0 unspecified atom stereocenters. The lowest BCUT2D eigenvalue weighted by Crippen LogP contribution is -2.10. The monoisotopic (exact) mass is 351 g/mol. The highest BCUT2D eigenvalue weighted by atomic mass is 19.1. The third-order valence-corrected chi connectivity index (χ3v) is 3.81. The predicted molar refractivity (Wildman–Crippen MR) is 98.7 cm³/mol. The zero-order valence-electron chi connectivity index (χ0n) is 14.0. The highest BCUT2D eigenvalue weighted by Crippen LogP contribution is 2.23. The molecule has 3 rings (SSSR count). The molecule has 26 heavy (non-hydrogen) atoms. The molecule has 0 spiro atoms. The molecule has 0 fully saturated rings. The third kappa shape index (κ3) is 4.60. The number of hydrogen-bond acceptors (Lipinski definition) is 3. The number of nitrogens with one attached hydrogen (secondary N) is 1. The highest BCUT2D eigenvalue weighted by molar-refractivity contribution is 5.68. The van der Waals surface area contributed by atoms with Gasteiger partial charge in [-0.25, -0.2) is 9.18 Å². The van der Waals surface area contributed by atoms with Gasteiger partial charge in [-0.15, -0.1) is 0 Å². The van der Waals surface area contributed by atoms with E-state index in [0.717, 1.165) is 16.7 Å². The van der Waals surface area contributed by atoms with E-state index < -0.39 is 18.4 Å². The summed E-state index contributed by atoms with van der Waals surface area (Å²) in [5.74, 6) is -1.83. The fraction of sp³-hybridized carbons (Fsp3) is 0.0952. The molecule has 0 aliphatic heterocycles. The van der Waals surface area contributed by atoms with Crippen LogP contribution in [0.4, 0.5) is 10.1 Å². The Morgan fingerprint density at radius 2 is 1.73 bits per heavy atom. The maximum Gasteiger partial charge on any atom is 0.341 e. The molecular formula is C21H18FNO3. The van der Waals surface area contributed by atoms with Crippen molar-refractivity contribution >= 4 is 11.7 Å². The topological polar surface area (TPSA) is 58.6 Å². The van der Waals surface area contributed by atoms with Gasteiger partial charge in [0, 0.05) is 18.3 Å². The molecule has 0 heterocycles. The van der Waals surface area contributed by atoms with Gasteiger partial charge >= 0.3 is 5.97 Å². The summed E-state index contributed by atoms with van der Waals surface area (Å²) >= 11 is 0. The first kappa shape index (κ1) is 17.5. The standard InChI is InChI=1S/C21H18FNO3/c22-19-12-18(9-10-20(19)26-14-21(24)25)23-13-15-5-4-8-17(11-15)16-6-2-1-3-7-16/h1-12,23H,13-14H2,(H,24,25). The van der Waals surface area contributed by atoms with Gasteiger partial charge in [0.2, 0.25) is 0 Å². The zero-order valence-corrected chi connectivity index (χ0v) is 14.0. The SMILES string of the molecule is O=C(O)COc1ccc(NCc2cccc(-c3ccccc3)c2)cc1F. The van der Waals surface area contributed by atoms with Gasteiger partial charge in [0.25, 0.3) is 0 Å². The average molecular weight is 351 g/mol. The number of carboxylic acids is 1. The lowest BCUT2D eigenvalue weighted by atomic mass is 10.0. The molecule has 0 bridgehead atoms. The second-order valence-electron chi connectivity index (χ2n) is 5.75. The first-order chi connectivity index (χ1) is 12.6. The van der Waals surface area contributed by atoms with E-state index in [1.165, 1.54) is 12.1 Å². The van der Waals surface area contributed by atoms with Gasteiger partial charge in [-0.3, -0.25) is 0 Å². The number of carboxylic acid groups (broad SMARTS) is 1. The van der Waals surface area contributed by atoms with Crippen LogP contribution < -0.4 is 10.1 Å². The zero-order chi connectivity index (χ0) is 18.4. The smallest absolute Gasteiger partial charge is 0.341 e. The van der Waals surface area contributed by atoms with E-state index in [1.807, 2.05) is 36.4 Å². The van der Waals surface area contributed by atoms with Crippen molar-refractivity contribution in [2.45, 2.75) is 6.54 Å². The molecule has 0 aliphatic carbocycles. The van der Waals surface area contributed by atoms with Gasteiger partial charge < -0.3 is 15.2 Å². The van der Waals surface area contributed by atoms with Gasteiger partial charge in [-0.05, 0) is 34.9 Å². The molecule has 3 aromatic rings. The summed E-state index contributed by atoms with van der Waals surface area (Å²) in [6, 6.07) is 22.6. The van der Waals surface area contributed by atoms with Crippen molar-refractivity contribution < 1.29 is 19.0 Å². The van der Waals surface area contributed by atoms with E-state index in [4.69, 9.17) is 9.84 Å². The maximum atomic E-state index is 14.0. The summed E-state index contributed by atoms with van der Waals surface area (Å²) in [7, 11) is 0. The normalized spacial score (nSPS) is 10.3. The van der Waals surface area contributed by atoms with Crippen molar-refractivity contribution in [3.8, 4) is 16.9 Å². The van der Waals surface area contributed by atoms with Gasteiger partial charge in [0.15, 0.2) is 18.2 Å². The van der Waals surface area contributed by atoms with E-state index >= 15 is 0 Å². The number of ether oxygens (including phenoxy) is 1. The Bertz CT molecular complexity index is 897. The summed E-state index contributed by atoms with van der Waals surface area (Å²) in [5, 5.41) is 11.7. The van der Waals surface area contributed by atoms with Crippen LogP contribution in [0.25, 0.3) is 11.1 Å². The minimum atomic E-state index is -1.15. The summed E-state index contributed by atoms with van der Waals surface area (Å²) < 4.78 is 18.8. The molecule has 0 radical (unpaired) electrons. The van der Waals surface area contributed by atoms with E-state index in [0.29, 0.717) is 12.2 Å². The van der Waals surface area contributed by atoms with Crippen molar-refractivity contribution in [3.63, 3.8) is 0 Å². The molecule has 5 heteroatoms. The number of halogens is 1. The van der Waals surface area contributed by atoms with Crippen LogP contribution >= 0.6 is 0 Å². The van der Waals surface area contributed by atoms with Crippen LogP contribution in [-0.4, -0.2) is 17.7 Å². The largest absolute Gasteiger partial charge is 0.479 e. The molecule has 3 aromatic carbocycles. The molecular weight excluding hydrogens is 333 g/mol. The van der Waals surface area contributed by atoms with Crippen LogP contribution in [0.2, 0.25) is 0 Å². The number of hydrogen-bond donors (Lipinski definition) is 2. The summed E-state index contributed by atoms with van der Waals surface area (Å²) in [6.45, 7) is -0.0363. The van der Waals surface area contributed by atoms with Crippen molar-refractivity contribution in [2.75, 3.05) is 11.9 Å². The fourth-order valence-electron chi connectivity index (χ4n) is 2.56. The van der Waals surface area contributed by atoms with E-state index in [9.17, 15) is 9.18 Å². The maximum absolute atomic E-state index is 14.0. The molecule has 0 saturated carbocycles. The summed E-state index contributed by atoms with van der Waals surface area (Å²) in [6.07, 6.45) is 0. The Morgan fingerprint density at radius 3 is 2.46 bits per heavy atom. The highest BCUT2D eigenvalue weighted by Gasteiger charge is 2.07. The first-order valence-electron chi connectivity index (χ1n) is 8.14. The first-order valence-corrected chi connectivity index (χ1v) is 8.14. The molecule has 4 nitrogen and oxygen atoms in total. The number of carbonyl (C=O) groups is 1. The lowest BCUT2D eigenvalue weighted by Gasteiger charge is -2.10. The van der Waals surface area contributed by atoms with Crippen LogP contribution in [0.1, 0.15) is 5.56 Å². The van der Waals surface area contributed by atoms with Crippen molar-refractivity contribution in [3.05, 3.63) is 84.2 Å². The number of benzene rings is 3. The van der Waals surface area contributed by atoms with Crippen molar-refractivity contribution in [1.29, 1.82) is 0 Å². The molecule has 0 aromatic heterocycles. The molecule has 0 amide bonds. The summed E-state index contributed by atoms with van der Waals surface area (Å²) in [4.78, 5) is 10.5. The molecule has 0 saturated heterocycles. The van der Waals surface area contributed by atoms with Gasteiger partial charge in [-0.1, -0.05) is 48.5 Å². The van der Waals surface area contributed by atoms with Crippen LogP contribution in [0.3, 0.4) is 0 Å². The van der Waals surface area contributed by atoms with Crippen LogP contribution in [-0.2, 0) is 11.3 Å². The van der Waals surface area contributed by atoms with Crippen molar-refractivity contribution in [2.24, 2.45) is 0 Å². The van der Waals surface area contributed by atoms with E-state index in [-0.39, 0.29) is 5.75 Å². The summed E-state index contributed by atoms with van der Waals surface area (Å²) in [5.41, 5.74) is 3.92. The number of anilines is 1. The van der Waals surface area contributed by atoms with Crippen molar-refractivity contribution in [1.82, 2.24) is 0 Å². The van der Waals surface area contributed by atoms with E-state index in [1.54, 1.807) is 6.07 Å². The number of rotatable bonds is 7. The Morgan fingerprint density at radius 1 is 0.962 bits per heavy atom. The van der Waals surface area contributed by atoms with Gasteiger partial charge in [0.05, 0.1) is 0 Å². The van der Waals surface area contributed by atoms with Crippen LogP contribution in [0.15, 0.2) is 72.8 Å². The third-order valence-electron chi connectivity index (χ3n) is 3.81. The Labute approximate surface area is 150 Å². The molecule has 132 valence electrons. The second-order valence-corrected chi connectivity index (χ2v) is 5.75. The molecule has 2 N–H and O–H groups in total. The van der Waals surface area contributed by atoms with Crippen LogP contribution in [0.5, 0.6) is 5.75 Å².